The summed E-state index contributed by atoms with van der Waals surface area (Å²) >= 11 is 0. The third-order valence-electron chi connectivity index (χ3n) is 5.31. The van der Waals surface area contributed by atoms with Crippen molar-refractivity contribution < 1.29 is 4.79 Å². The molecule has 28 heavy (non-hydrogen) atoms. The highest BCUT2D eigenvalue weighted by atomic mass is 16.2. The number of carbonyl (C=O) groups is 1. The number of nitrogens with zero attached hydrogens (tertiary/aromatic N) is 4. The fraction of sp³-hybridized carbons (Fsp3) is 0.381. The van der Waals surface area contributed by atoms with Gasteiger partial charge in [-0.05, 0) is 44.0 Å². The number of hydrogen-bond donors (Lipinski definition) is 2. The van der Waals surface area contributed by atoms with Crippen LogP contribution in [0.3, 0.4) is 0 Å². The van der Waals surface area contributed by atoms with Crippen LogP contribution in [0, 0.1) is 6.92 Å². The quantitative estimate of drug-likeness (QED) is 0.689. The van der Waals surface area contributed by atoms with E-state index in [0.29, 0.717) is 12.5 Å². The van der Waals surface area contributed by atoms with Crippen molar-refractivity contribution in [1.82, 2.24) is 30.0 Å². The molecule has 146 valence electrons. The molecule has 0 radical (unpaired) electrons. The second-order valence-electron chi connectivity index (χ2n) is 7.21. The lowest BCUT2D eigenvalue weighted by Crippen LogP contribution is -2.32. The van der Waals surface area contributed by atoms with Crippen LogP contribution in [0.15, 0.2) is 48.9 Å². The molecule has 0 spiro atoms. The van der Waals surface area contributed by atoms with E-state index in [1.165, 1.54) is 0 Å². The van der Waals surface area contributed by atoms with Crippen LogP contribution in [0.4, 0.5) is 0 Å². The van der Waals surface area contributed by atoms with Crippen molar-refractivity contribution in [3.8, 4) is 5.69 Å². The fourth-order valence-electron chi connectivity index (χ4n) is 3.84. The molecule has 0 saturated carbocycles. The van der Waals surface area contributed by atoms with Crippen LogP contribution in [-0.4, -0.2) is 38.3 Å². The van der Waals surface area contributed by atoms with E-state index in [0.717, 1.165) is 48.7 Å². The molecule has 2 N–H and O–H groups in total. The molecule has 0 bridgehead atoms. The zero-order valence-electron chi connectivity index (χ0n) is 16.1. The molecule has 1 aliphatic rings. The Morgan fingerprint density at radius 2 is 2.18 bits per heavy atom. The highest BCUT2D eigenvalue weighted by Gasteiger charge is 2.20. The maximum absolute atomic E-state index is 12.6. The molecule has 1 aromatic carbocycles. The maximum Gasteiger partial charge on any atom is 0.242 e. The Bertz CT molecular complexity index is 938. The molecule has 1 aliphatic heterocycles. The summed E-state index contributed by atoms with van der Waals surface area (Å²) in [6, 6.07) is 10.1. The minimum absolute atomic E-state index is 0.0362. The molecule has 7 nitrogen and oxygen atoms in total. The summed E-state index contributed by atoms with van der Waals surface area (Å²) in [7, 11) is 0. The number of benzene rings is 1. The molecule has 4 rings (SSSR count). The van der Waals surface area contributed by atoms with Crippen LogP contribution in [0.5, 0.6) is 0 Å². The number of amides is 1. The van der Waals surface area contributed by atoms with E-state index >= 15 is 0 Å². The van der Waals surface area contributed by atoms with Crippen molar-refractivity contribution in [2.24, 2.45) is 0 Å². The van der Waals surface area contributed by atoms with Gasteiger partial charge in [-0.2, -0.15) is 5.10 Å². The molecule has 0 aliphatic carbocycles. The third kappa shape index (κ3) is 3.99. The summed E-state index contributed by atoms with van der Waals surface area (Å²) in [6.07, 6.45) is 7.80. The van der Waals surface area contributed by atoms with Crippen LogP contribution in [0.2, 0.25) is 0 Å². The molecule has 1 fully saturated rings. The summed E-state index contributed by atoms with van der Waals surface area (Å²) in [6.45, 7) is 4.69. The van der Waals surface area contributed by atoms with Crippen molar-refractivity contribution in [3.63, 3.8) is 0 Å². The Kier molecular flexibility index (Phi) is 5.53. The van der Waals surface area contributed by atoms with Crippen molar-refractivity contribution in [2.75, 3.05) is 13.1 Å². The molecule has 2 aromatic heterocycles. The van der Waals surface area contributed by atoms with E-state index in [4.69, 9.17) is 0 Å². The Morgan fingerprint density at radius 3 is 2.96 bits per heavy atom. The topological polar surface area (TPSA) is 76.8 Å². The summed E-state index contributed by atoms with van der Waals surface area (Å²) in [5.41, 5.74) is 3.22. The minimum Gasteiger partial charge on any atom is -0.350 e. The van der Waals surface area contributed by atoms with Crippen molar-refractivity contribution >= 4 is 5.91 Å². The molecule has 1 amide bonds. The lowest BCUT2D eigenvalue weighted by atomic mass is 9.96. The van der Waals surface area contributed by atoms with Gasteiger partial charge in [0.15, 0.2) is 0 Å². The van der Waals surface area contributed by atoms with Crippen molar-refractivity contribution in [2.45, 2.75) is 38.8 Å². The zero-order valence-corrected chi connectivity index (χ0v) is 16.1. The van der Waals surface area contributed by atoms with E-state index in [9.17, 15) is 4.79 Å². The van der Waals surface area contributed by atoms with Gasteiger partial charge >= 0.3 is 0 Å². The number of carbonyl (C=O) groups excluding carboxylic acids is 1. The van der Waals surface area contributed by atoms with Crippen LogP contribution >= 0.6 is 0 Å². The Hall–Kier alpha value is -2.93. The van der Waals surface area contributed by atoms with E-state index in [2.05, 4.69) is 20.7 Å². The summed E-state index contributed by atoms with van der Waals surface area (Å²) in [5.74, 6) is 1.31. The van der Waals surface area contributed by atoms with Gasteiger partial charge in [-0.25, -0.2) is 4.98 Å². The van der Waals surface area contributed by atoms with Crippen LogP contribution < -0.4 is 10.6 Å². The number of rotatable bonds is 6. The van der Waals surface area contributed by atoms with Gasteiger partial charge in [0, 0.05) is 43.3 Å². The van der Waals surface area contributed by atoms with Crippen LogP contribution in [-0.2, 0) is 17.9 Å². The molecule has 3 heterocycles. The number of para-hydroxylation sites is 1. The first-order chi connectivity index (χ1) is 13.7. The third-order valence-corrected chi connectivity index (χ3v) is 5.31. The van der Waals surface area contributed by atoms with Crippen LogP contribution in [0.1, 0.15) is 35.8 Å². The highest BCUT2D eigenvalue weighted by molar-refractivity contribution is 5.75. The molecule has 0 unspecified atom stereocenters. The Balaban J connectivity index is 1.41. The first-order valence-electron chi connectivity index (χ1n) is 9.80. The lowest BCUT2D eigenvalue weighted by molar-refractivity contribution is -0.122. The standard InChI is InChI=1S/C21H26N6O/c1-16-23-11-12-26(16)19-7-3-2-5-18(19)14-24-21(28)15-27-20(8-10-25-27)17-6-4-9-22-13-17/h2-3,5,7-8,10-12,17,22H,4,6,9,13-15H2,1H3,(H,24,28)/t17-/m0/s1. The highest BCUT2D eigenvalue weighted by Crippen LogP contribution is 2.22. The molecular formula is C21H26N6O. The second-order valence-corrected chi connectivity index (χ2v) is 7.21. The van der Waals surface area contributed by atoms with Gasteiger partial charge in [-0.15, -0.1) is 0 Å². The number of aryl methyl sites for hydroxylation is 1. The largest absolute Gasteiger partial charge is 0.350 e. The number of aromatic nitrogens is 4. The van der Waals surface area contributed by atoms with Gasteiger partial charge in [-0.1, -0.05) is 18.2 Å². The Labute approximate surface area is 164 Å². The Morgan fingerprint density at radius 1 is 1.29 bits per heavy atom. The van der Waals surface area contributed by atoms with Gasteiger partial charge in [0.2, 0.25) is 5.91 Å². The van der Waals surface area contributed by atoms with E-state index in [-0.39, 0.29) is 12.5 Å². The zero-order chi connectivity index (χ0) is 19.3. The average Bonchev–Trinajstić information content (AvgIpc) is 3.36. The van der Waals surface area contributed by atoms with Crippen molar-refractivity contribution in [1.29, 1.82) is 0 Å². The van der Waals surface area contributed by atoms with Gasteiger partial charge in [0.1, 0.15) is 12.4 Å². The predicted molar refractivity (Wildman–Crippen MR) is 107 cm³/mol. The fourth-order valence-corrected chi connectivity index (χ4v) is 3.84. The first-order valence-corrected chi connectivity index (χ1v) is 9.80. The number of hydrogen-bond acceptors (Lipinski definition) is 4. The lowest BCUT2D eigenvalue weighted by Gasteiger charge is -2.23. The normalized spacial score (nSPS) is 16.8. The van der Waals surface area contributed by atoms with Gasteiger partial charge in [0.05, 0.1) is 5.69 Å². The average molecular weight is 378 g/mol. The predicted octanol–water partition coefficient (Wildman–Crippen LogP) is 2.16. The SMILES string of the molecule is Cc1nccn1-c1ccccc1CNC(=O)Cn1nccc1[C@H]1CCCNC1. The molecule has 1 atom stereocenters. The van der Waals surface area contributed by atoms with Crippen LogP contribution in [0.25, 0.3) is 5.69 Å². The smallest absolute Gasteiger partial charge is 0.242 e. The first kappa shape index (κ1) is 18.4. The molecule has 1 saturated heterocycles. The molecule has 7 heteroatoms. The van der Waals surface area contributed by atoms with Gasteiger partial charge < -0.3 is 15.2 Å². The maximum atomic E-state index is 12.6. The summed E-state index contributed by atoms with van der Waals surface area (Å²) in [4.78, 5) is 16.9. The second kappa shape index (κ2) is 8.39. The van der Waals surface area contributed by atoms with Gasteiger partial charge in [0.25, 0.3) is 0 Å². The monoisotopic (exact) mass is 378 g/mol. The van der Waals surface area contributed by atoms with Gasteiger partial charge in [-0.3, -0.25) is 9.48 Å². The summed E-state index contributed by atoms with van der Waals surface area (Å²) < 4.78 is 3.86. The van der Waals surface area contributed by atoms with E-state index in [1.807, 2.05) is 52.7 Å². The molecular weight excluding hydrogens is 352 g/mol. The number of imidazole rings is 1. The number of piperidine rings is 1. The van der Waals surface area contributed by atoms with E-state index < -0.39 is 0 Å². The number of nitrogens with one attached hydrogen (secondary N) is 2. The minimum atomic E-state index is -0.0362. The van der Waals surface area contributed by atoms with E-state index in [1.54, 1.807) is 12.4 Å². The molecule has 3 aromatic rings. The summed E-state index contributed by atoms with van der Waals surface area (Å²) in [5, 5.41) is 10.8. The van der Waals surface area contributed by atoms with Crippen molar-refractivity contribution in [3.05, 3.63) is 66.0 Å².